The molecule has 1 aromatic carbocycles. The van der Waals surface area contributed by atoms with E-state index in [4.69, 9.17) is 5.11 Å². The second-order valence-electron chi connectivity index (χ2n) is 4.74. The summed E-state index contributed by atoms with van der Waals surface area (Å²) in [5.41, 5.74) is 0.990. The van der Waals surface area contributed by atoms with Crippen molar-refractivity contribution in [1.29, 1.82) is 0 Å². The van der Waals surface area contributed by atoms with E-state index in [1.165, 1.54) is 4.90 Å². The Morgan fingerprint density at radius 3 is 2.74 bits per heavy atom. The van der Waals surface area contributed by atoms with Gasteiger partial charge in [0, 0.05) is 25.5 Å². The molecule has 6 heteroatoms. The van der Waals surface area contributed by atoms with Crippen LogP contribution in [0.3, 0.4) is 0 Å². The molecule has 0 bridgehead atoms. The van der Waals surface area contributed by atoms with E-state index < -0.39 is 11.8 Å². The number of aliphatic hydroxyl groups excluding tert-OH is 1. The number of rotatable bonds is 2. The van der Waals surface area contributed by atoms with Gasteiger partial charge >= 0.3 is 0 Å². The van der Waals surface area contributed by atoms with E-state index in [9.17, 15) is 14.4 Å². The zero-order chi connectivity index (χ0) is 13.6. The number of nitrogens with zero attached hydrogens (tertiary/aromatic N) is 1. The van der Waals surface area contributed by atoms with E-state index in [2.05, 4.69) is 5.32 Å². The molecule has 3 rings (SSSR count). The van der Waals surface area contributed by atoms with Gasteiger partial charge in [0.25, 0.3) is 11.8 Å². The quantitative estimate of drug-likeness (QED) is 0.728. The maximum absolute atomic E-state index is 11.9. The van der Waals surface area contributed by atoms with Gasteiger partial charge in [-0.05, 0) is 12.1 Å². The molecule has 1 fully saturated rings. The first-order valence-electron chi connectivity index (χ1n) is 6.01. The molecule has 6 nitrogen and oxygen atoms in total. The number of aliphatic hydroxyl groups is 1. The number of imide groups is 1. The van der Waals surface area contributed by atoms with E-state index in [0.717, 1.165) is 0 Å². The highest BCUT2D eigenvalue weighted by Crippen LogP contribution is 2.31. The van der Waals surface area contributed by atoms with Gasteiger partial charge in [0.05, 0.1) is 16.8 Å². The number of hydrogen-bond acceptors (Lipinski definition) is 4. The Hall–Kier alpha value is -2.21. The fourth-order valence-corrected chi connectivity index (χ4v) is 2.56. The Labute approximate surface area is 109 Å². The van der Waals surface area contributed by atoms with Gasteiger partial charge in [0.15, 0.2) is 0 Å². The summed E-state index contributed by atoms with van der Waals surface area (Å²) < 4.78 is 0. The molecule has 2 aliphatic heterocycles. The van der Waals surface area contributed by atoms with Crippen LogP contribution in [-0.4, -0.2) is 36.0 Å². The van der Waals surface area contributed by atoms with E-state index in [-0.39, 0.29) is 30.4 Å². The average Bonchev–Trinajstić information content (AvgIpc) is 2.91. The van der Waals surface area contributed by atoms with E-state index >= 15 is 0 Å². The fourth-order valence-electron chi connectivity index (χ4n) is 2.56. The molecule has 1 saturated heterocycles. The van der Waals surface area contributed by atoms with Crippen LogP contribution in [0.15, 0.2) is 18.2 Å². The monoisotopic (exact) mass is 260 g/mol. The zero-order valence-corrected chi connectivity index (χ0v) is 10.0. The van der Waals surface area contributed by atoms with Gasteiger partial charge in [-0.3, -0.25) is 19.7 Å². The third-order valence-electron chi connectivity index (χ3n) is 3.50. The molecule has 1 unspecified atom stereocenters. The van der Waals surface area contributed by atoms with Gasteiger partial charge in [-0.2, -0.15) is 0 Å². The number of nitrogens with one attached hydrogen (secondary N) is 1. The van der Waals surface area contributed by atoms with Crippen LogP contribution >= 0.6 is 0 Å². The minimum absolute atomic E-state index is 0.0671. The number of carbonyl (C=O) groups is 3. The van der Waals surface area contributed by atoms with Crippen molar-refractivity contribution in [1.82, 2.24) is 5.32 Å². The van der Waals surface area contributed by atoms with Gasteiger partial charge in [0.1, 0.15) is 0 Å². The van der Waals surface area contributed by atoms with Crippen molar-refractivity contribution in [3.05, 3.63) is 29.3 Å². The summed E-state index contributed by atoms with van der Waals surface area (Å²) in [6, 6.07) is 4.85. The standard InChI is InChI=1S/C13H12N2O4/c16-6-7-4-10(17)15(5-7)9-3-1-2-8-11(9)13(19)14-12(8)18/h1-3,7,16H,4-6H2,(H,14,18,19). The van der Waals surface area contributed by atoms with Gasteiger partial charge < -0.3 is 10.0 Å². The summed E-state index contributed by atoms with van der Waals surface area (Å²) in [6.45, 7) is 0.301. The summed E-state index contributed by atoms with van der Waals surface area (Å²) in [7, 11) is 0. The zero-order valence-electron chi connectivity index (χ0n) is 10.0. The Bertz CT molecular complexity index is 596. The van der Waals surface area contributed by atoms with E-state index in [0.29, 0.717) is 17.8 Å². The predicted octanol–water partition coefficient (Wildman–Crippen LogP) is -0.0846. The molecule has 3 amide bonds. The largest absolute Gasteiger partial charge is 0.396 e. The van der Waals surface area contributed by atoms with Crippen molar-refractivity contribution in [3.63, 3.8) is 0 Å². The van der Waals surface area contributed by atoms with Crippen LogP contribution in [0, 0.1) is 5.92 Å². The third kappa shape index (κ3) is 1.72. The van der Waals surface area contributed by atoms with Crippen LogP contribution in [0.1, 0.15) is 27.1 Å². The van der Waals surface area contributed by atoms with Crippen LogP contribution in [0.4, 0.5) is 5.69 Å². The van der Waals surface area contributed by atoms with Crippen LogP contribution in [0.25, 0.3) is 0 Å². The third-order valence-corrected chi connectivity index (χ3v) is 3.50. The molecule has 2 N–H and O–H groups in total. The summed E-state index contributed by atoms with van der Waals surface area (Å²) in [5.74, 6) is -1.17. The minimum Gasteiger partial charge on any atom is -0.396 e. The molecule has 1 atom stereocenters. The average molecular weight is 260 g/mol. The first-order valence-corrected chi connectivity index (χ1v) is 6.01. The molecular weight excluding hydrogens is 248 g/mol. The van der Waals surface area contributed by atoms with Crippen molar-refractivity contribution in [2.75, 3.05) is 18.1 Å². The summed E-state index contributed by atoms with van der Waals surface area (Å²) in [5, 5.41) is 11.3. The Kier molecular flexibility index (Phi) is 2.60. The van der Waals surface area contributed by atoms with Crippen LogP contribution < -0.4 is 10.2 Å². The maximum Gasteiger partial charge on any atom is 0.261 e. The highest BCUT2D eigenvalue weighted by molar-refractivity contribution is 6.24. The minimum atomic E-state index is -0.476. The number of benzene rings is 1. The normalized spacial score (nSPS) is 21.8. The number of amides is 3. The highest BCUT2D eigenvalue weighted by atomic mass is 16.3. The molecule has 1 aromatic rings. The van der Waals surface area contributed by atoms with Gasteiger partial charge in [0.2, 0.25) is 5.91 Å². The topological polar surface area (TPSA) is 86.7 Å². The lowest BCUT2D eigenvalue weighted by atomic mass is 10.1. The van der Waals surface area contributed by atoms with Crippen molar-refractivity contribution in [3.8, 4) is 0 Å². The lowest BCUT2D eigenvalue weighted by molar-refractivity contribution is -0.117. The van der Waals surface area contributed by atoms with Crippen molar-refractivity contribution in [2.45, 2.75) is 6.42 Å². The van der Waals surface area contributed by atoms with Crippen LogP contribution in [0.2, 0.25) is 0 Å². The van der Waals surface area contributed by atoms with Gasteiger partial charge in [-0.1, -0.05) is 6.07 Å². The molecule has 0 radical (unpaired) electrons. The maximum atomic E-state index is 11.9. The molecule has 2 heterocycles. The van der Waals surface area contributed by atoms with Crippen molar-refractivity contribution in [2.24, 2.45) is 5.92 Å². The summed E-state index contributed by atoms with van der Waals surface area (Å²) in [4.78, 5) is 36.8. The second kappa shape index (κ2) is 4.17. The Balaban J connectivity index is 2.06. The molecule has 0 saturated carbocycles. The van der Waals surface area contributed by atoms with E-state index in [1.54, 1.807) is 18.2 Å². The lowest BCUT2D eigenvalue weighted by Gasteiger charge is -2.18. The Morgan fingerprint density at radius 1 is 1.26 bits per heavy atom. The van der Waals surface area contributed by atoms with Crippen molar-refractivity contribution < 1.29 is 19.5 Å². The molecule has 0 spiro atoms. The number of fused-ring (bicyclic) bond motifs is 1. The molecular formula is C13H12N2O4. The van der Waals surface area contributed by atoms with Gasteiger partial charge in [-0.15, -0.1) is 0 Å². The number of carbonyl (C=O) groups excluding carboxylic acids is 3. The molecule has 0 aromatic heterocycles. The Morgan fingerprint density at radius 2 is 2.05 bits per heavy atom. The SMILES string of the molecule is O=C1NC(=O)c2c1cccc2N1CC(CO)CC1=O. The highest BCUT2D eigenvalue weighted by Gasteiger charge is 2.36. The number of anilines is 1. The lowest BCUT2D eigenvalue weighted by Crippen LogP contribution is -2.27. The molecule has 0 aliphatic carbocycles. The smallest absolute Gasteiger partial charge is 0.261 e. The number of hydrogen-bond donors (Lipinski definition) is 2. The van der Waals surface area contributed by atoms with E-state index in [1.807, 2.05) is 0 Å². The predicted molar refractivity (Wildman–Crippen MR) is 65.8 cm³/mol. The summed E-state index contributed by atoms with van der Waals surface area (Å²) in [6.07, 6.45) is 0.260. The summed E-state index contributed by atoms with van der Waals surface area (Å²) >= 11 is 0. The van der Waals surface area contributed by atoms with Crippen LogP contribution in [0.5, 0.6) is 0 Å². The fraction of sp³-hybridized carbons (Fsp3) is 0.308. The molecule has 2 aliphatic rings. The first-order chi connectivity index (χ1) is 9.11. The molecule has 19 heavy (non-hydrogen) atoms. The van der Waals surface area contributed by atoms with Gasteiger partial charge in [-0.25, -0.2) is 0 Å². The van der Waals surface area contributed by atoms with Crippen molar-refractivity contribution >= 4 is 23.4 Å². The molecule has 98 valence electrons. The second-order valence-corrected chi connectivity index (χ2v) is 4.74. The first kappa shape index (κ1) is 11.9. The van der Waals surface area contributed by atoms with Crippen LogP contribution in [-0.2, 0) is 4.79 Å².